The van der Waals surface area contributed by atoms with Crippen LogP contribution in [0.1, 0.15) is 27.7 Å². The van der Waals surface area contributed by atoms with Crippen molar-refractivity contribution in [2.24, 2.45) is 0 Å². The quantitative estimate of drug-likeness (QED) is 0.668. The Balaban J connectivity index is 0. The van der Waals surface area contributed by atoms with E-state index in [4.69, 9.17) is 9.47 Å². The summed E-state index contributed by atoms with van der Waals surface area (Å²) >= 11 is 0. The smallest absolute Gasteiger partial charge is 0.189 e. The van der Waals surface area contributed by atoms with E-state index in [9.17, 15) is 0 Å². The molecular weight excluding hydrogens is 200 g/mol. The summed E-state index contributed by atoms with van der Waals surface area (Å²) in [5.74, 6) is 0.816. The first-order chi connectivity index (χ1) is 7.88. The van der Waals surface area contributed by atoms with Gasteiger partial charge < -0.3 is 9.47 Å². The first-order valence-corrected chi connectivity index (χ1v) is 5.73. The summed E-state index contributed by atoms with van der Waals surface area (Å²) in [5, 5.41) is 0. The van der Waals surface area contributed by atoms with Gasteiger partial charge in [-0.25, -0.2) is 0 Å². The van der Waals surface area contributed by atoms with Crippen molar-refractivity contribution in [3.8, 4) is 0 Å². The van der Waals surface area contributed by atoms with Gasteiger partial charge in [-0.05, 0) is 6.08 Å². The Labute approximate surface area is 100.0 Å². The van der Waals surface area contributed by atoms with E-state index in [1.54, 1.807) is 12.2 Å². The van der Waals surface area contributed by atoms with E-state index in [0.717, 1.165) is 11.3 Å². The Morgan fingerprint density at radius 2 is 1.75 bits per heavy atom. The maximum Gasteiger partial charge on any atom is 0.189 e. The first-order valence-electron chi connectivity index (χ1n) is 5.73. The molecule has 1 rings (SSSR count). The summed E-state index contributed by atoms with van der Waals surface area (Å²) < 4.78 is 10.3. The van der Waals surface area contributed by atoms with Crippen LogP contribution in [0.15, 0.2) is 48.8 Å². The second-order valence-electron chi connectivity index (χ2n) is 2.30. The number of hydrogen-bond acceptors (Lipinski definition) is 2. The maximum atomic E-state index is 5.24. The van der Waals surface area contributed by atoms with E-state index in [2.05, 4.69) is 13.2 Å². The van der Waals surface area contributed by atoms with Crippen LogP contribution in [0.2, 0.25) is 0 Å². The molecule has 0 saturated heterocycles. The molecule has 2 nitrogen and oxygen atoms in total. The fourth-order valence-corrected chi connectivity index (χ4v) is 0.891. The molecule has 1 heterocycles. The highest BCUT2D eigenvalue weighted by Gasteiger charge is 2.07. The Kier molecular flexibility index (Phi) is 14.7. The number of rotatable bonds is 3. The van der Waals surface area contributed by atoms with Crippen molar-refractivity contribution in [2.45, 2.75) is 27.7 Å². The summed E-state index contributed by atoms with van der Waals surface area (Å²) in [5.41, 5.74) is 0.972. The molecular formula is C14H24O2. The number of hydrogen-bond donors (Lipinski definition) is 0. The summed E-state index contributed by atoms with van der Waals surface area (Å²) in [7, 11) is 0. The molecule has 1 aliphatic rings. The van der Waals surface area contributed by atoms with Gasteiger partial charge in [0, 0.05) is 5.57 Å². The van der Waals surface area contributed by atoms with Crippen LogP contribution in [0, 0.1) is 0 Å². The van der Waals surface area contributed by atoms with Gasteiger partial charge >= 0.3 is 0 Å². The van der Waals surface area contributed by atoms with Crippen molar-refractivity contribution >= 4 is 0 Å². The third-order valence-electron chi connectivity index (χ3n) is 1.50. The normalized spacial score (nSPS) is 14.0. The third-order valence-corrected chi connectivity index (χ3v) is 1.50. The van der Waals surface area contributed by atoms with Gasteiger partial charge in [-0.1, -0.05) is 59.1 Å². The lowest BCUT2D eigenvalue weighted by Gasteiger charge is -2.16. The molecule has 0 N–H and O–H groups in total. The molecule has 0 aliphatic carbocycles. The Hall–Kier alpha value is -1.28. The van der Waals surface area contributed by atoms with Crippen molar-refractivity contribution in [3.63, 3.8) is 0 Å². The van der Waals surface area contributed by atoms with Crippen LogP contribution < -0.4 is 0 Å². The Morgan fingerprint density at radius 1 is 1.12 bits per heavy atom. The lowest BCUT2D eigenvalue weighted by Crippen LogP contribution is -2.11. The molecule has 0 radical (unpaired) electrons. The van der Waals surface area contributed by atoms with Gasteiger partial charge in [-0.2, -0.15) is 0 Å². The predicted octanol–water partition coefficient (Wildman–Crippen LogP) is 4.23. The van der Waals surface area contributed by atoms with E-state index in [-0.39, 0.29) is 0 Å². The van der Waals surface area contributed by atoms with Crippen LogP contribution in [0.4, 0.5) is 0 Å². The van der Waals surface area contributed by atoms with E-state index in [1.165, 1.54) is 0 Å². The highest BCUT2D eigenvalue weighted by Crippen LogP contribution is 2.14. The van der Waals surface area contributed by atoms with Crippen LogP contribution in [0.3, 0.4) is 0 Å². The topological polar surface area (TPSA) is 18.5 Å². The fourth-order valence-electron chi connectivity index (χ4n) is 0.891. The average molecular weight is 224 g/mol. The summed E-state index contributed by atoms with van der Waals surface area (Å²) in [6, 6.07) is 0. The molecule has 0 aromatic carbocycles. The molecule has 0 aromatic heterocycles. The van der Waals surface area contributed by atoms with Crippen molar-refractivity contribution in [3.05, 3.63) is 48.8 Å². The minimum atomic E-state index is 0.314. The van der Waals surface area contributed by atoms with E-state index in [0.29, 0.717) is 13.4 Å². The summed E-state index contributed by atoms with van der Waals surface area (Å²) in [6.07, 6.45) is 7.12. The minimum absolute atomic E-state index is 0.314. The van der Waals surface area contributed by atoms with Gasteiger partial charge in [0.1, 0.15) is 5.76 Å². The molecule has 92 valence electrons. The molecule has 16 heavy (non-hydrogen) atoms. The van der Waals surface area contributed by atoms with Gasteiger partial charge in [-0.3, -0.25) is 0 Å². The standard InChI is InChI=1S/C10H12O2.2C2H6/c1-3-5-6-10-9(4-2)7-11-8-12-10;2*1-2/h3-6H,1-2,7-8H2;2*1-2H3/b6-5-;;. The van der Waals surface area contributed by atoms with Crippen molar-refractivity contribution in [1.82, 2.24) is 0 Å². The summed E-state index contributed by atoms with van der Waals surface area (Å²) in [4.78, 5) is 0. The molecule has 0 bridgehead atoms. The van der Waals surface area contributed by atoms with Gasteiger partial charge in [0.15, 0.2) is 6.79 Å². The zero-order valence-electron chi connectivity index (χ0n) is 11.0. The zero-order valence-corrected chi connectivity index (χ0v) is 11.0. The molecule has 2 heteroatoms. The zero-order chi connectivity index (χ0) is 12.8. The highest BCUT2D eigenvalue weighted by atomic mass is 16.7. The lowest BCUT2D eigenvalue weighted by molar-refractivity contribution is -0.0293. The molecule has 0 amide bonds. The lowest BCUT2D eigenvalue weighted by atomic mass is 10.2. The Bertz CT molecular complexity index is 237. The third kappa shape index (κ3) is 7.07. The first kappa shape index (κ1) is 17.1. The van der Waals surface area contributed by atoms with Crippen molar-refractivity contribution in [2.75, 3.05) is 13.4 Å². The van der Waals surface area contributed by atoms with Crippen LogP contribution in [0.5, 0.6) is 0 Å². The molecule has 0 aromatic rings. The van der Waals surface area contributed by atoms with Gasteiger partial charge in [-0.15, -0.1) is 0 Å². The molecule has 0 atom stereocenters. The average Bonchev–Trinajstić information content (AvgIpc) is 2.41. The van der Waals surface area contributed by atoms with E-state index < -0.39 is 0 Å². The SMILES string of the molecule is C=C/C=C\C1=C(C=C)COCO1.CC.CC. The minimum Gasteiger partial charge on any atom is -0.467 e. The molecule has 0 fully saturated rings. The van der Waals surface area contributed by atoms with Crippen LogP contribution in [-0.2, 0) is 9.47 Å². The van der Waals surface area contributed by atoms with Crippen LogP contribution in [-0.4, -0.2) is 13.4 Å². The number of allylic oxidation sites excluding steroid dienone is 3. The second-order valence-corrected chi connectivity index (χ2v) is 2.30. The fraction of sp³-hybridized carbons (Fsp3) is 0.429. The second kappa shape index (κ2) is 13.7. The van der Waals surface area contributed by atoms with Crippen molar-refractivity contribution < 1.29 is 9.47 Å². The van der Waals surface area contributed by atoms with Crippen LogP contribution >= 0.6 is 0 Å². The van der Waals surface area contributed by atoms with Gasteiger partial charge in [0.2, 0.25) is 0 Å². The van der Waals surface area contributed by atoms with Gasteiger partial charge in [0.25, 0.3) is 0 Å². The molecule has 0 unspecified atom stereocenters. The van der Waals surface area contributed by atoms with E-state index in [1.807, 2.05) is 39.8 Å². The monoisotopic (exact) mass is 224 g/mol. The predicted molar refractivity (Wildman–Crippen MR) is 71.2 cm³/mol. The molecule has 0 spiro atoms. The highest BCUT2D eigenvalue weighted by molar-refractivity contribution is 5.30. The van der Waals surface area contributed by atoms with Crippen LogP contribution in [0.25, 0.3) is 0 Å². The van der Waals surface area contributed by atoms with E-state index >= 15 is 0 Å². The van der Waals surface area contributed by atoms with Gasteiger partial charge in [0.05, 0.1) is 6.61 Å². The van der Waals surface area contributed by atoms with Crippen molar-refractivity contribution in [1.29, 1.82) is 0 Å². The molecule has 0 saturated carbocycles. The summed E-state index contributed by atoms with van der Waals surface area (Å²) in [6.45, 7) is 16.1. The molecule has 1 aliphatic heterocycles. The Morgan fingerprint density at radius 3 is 2.25 bits per heavy atom. The number of ether oxygens (including phenoxy) is 2. The maximum absolute atomic E-state index is 5.24. The largest absolute Gasteiger partial charge is 0.467 e.